The molecule has 1 aromatic carbocycles. The lowest BCUT2D eigenvalue weighted by atomic mass is 9.69. The molecule has 0 bridgehead atoms. The molecule has 0 N–H and O–H groups in total. The van der Waals surface area contributed by atoms with Crippen molar-refractivity contribution < 1.29 is 8.78 Å². The van der Waals surface area contributed by atoms with Crippen molar-refractivity contribution in [1.29, 1.82) is 0 Å². The van der Waals surface area contributed by atoms with Crippen LogP contribution >= 0.6 is 0 Å². The molecule has 0 aliphatic carbocycles. The second-order valence-electron chi connectivity index (χ2n) is 2.76. The van der Waals surface area contributed by atoms with Crippen molar-refractivity contribution in [2.75, 3.05) is 7.05 Å². The summed E-state index contributed by atoms with van der Waals surface area (Å²) in [5.74, 6) is 0.383. The van der Waals surface area contributed by atoms with E-state index in [9.17, 15) is 8.78 Å². The Bertz CT molecular complexity index is 354. The Kier molecular flexibility index (Phi) is 3.57. The first-order valence-corrected chi connectivity index (χ1v) is 4.21. The summed E-state index contributed by atoms with van der Waals surface area (Å²) >= 11 is 0. The van der Waals surface area contributed by atoms with Gasteiger partial charge in [-0.3, -0.25) is 0 Å². The van der Waals surface area contributed by atoms with Crippen molar-refractivity contribution in [3.8, 4) is 0 Å². The van der Waals surface area contributed by atoms with E-state index in [0.717, 1.165) is 0 Å². The average molecular weight is 193 g/mol. The molecule has 1 aromatic rings. The molecule has 1 nitrogen and oxygen atoms in total. The zero-order chi connectivity index (χ0) is 10.6. The fraction of sp³-hybridized carbons (Fsp3) is 0.100. The molecule has 0 aliphatic heterocycles. The van der Waals surface area contributed by atoms with Crippen LogP contribution in [0.2, 0.25) is 0 Å². The molecule has 0 saturated carbocycles. The van der Waals surface area contributed by atoms with Crippen LogP contribution in [0.5, 0.6) is 0 Å². The van der Waals surface area contributed by atoms with Gasteiger partial charge in [-0.1, -0.05) is 6.07 Å². The number of halogens is 2. The molecular formula is C10H10BF2N. The molecule has 0 heterocycles. The summed E-state index contributed by atoms with van der Waals surface area (Å²) in [7, 11) is 1.86. The summed E-state index contributed by atoms with van der Waals surface area (Å²) in [5, 5.41) is 0. The van der Waals surface area contributed by atoms with E-state index < -0.39 is 11.6 Å². The number of hydrogen-bond acceptors (Lipinski definition) is 1. The Morgan fingerprint density at radius 3 is 2.43 bits per heavy atom. The van der Waals surface area contributed by atoms with E-state index in [1.807, 2.05) is 0 Å². The quantitative estimate of drug-likeness (QED) is 0.513. The van der Waals surface area contributed by atoms with Gasteiger partial charge >= 0.3 is 0 Å². The summed E-state index contributed by atoms with van der Waals surface area (Å²) in [6.45, 7) is 3.51. The van der Waals surface area contributed by atoms with E-state index >= 15 is 0 Å². The van der Waals surface area contributed by atoms with Gasteiger partial charge in [0.1, 0.15) is 11.6 Å². The predicted molar refractivity (Wildman–Crippen MR) is 56.2 cm³/mol. The molecule has 0 aliphatic rings. The summed E-state index contributed by atoms with van der Waals surface area (Å²) in [6.07, 6.45) is 0. The minimum atomic E-state index is -0.590. The monoisotopic (exact) mass is 193 g/mol. The van der Waals surface area contributed by atoms with Crippen LogP contribution in [0.3, 0.4) is 0 Å². The van der Waals surface area contributed by atoms with Crippen molar-refractivity contribution in [2.45, 2.75) is 0 Å². The highest BCUT2D eigenvalue weighted by molar-refractivity contribution is 6.82. The fourth-order valence-corrected chi connectivity index (χ4v) is 1.22. The van der Waals surface area contributed by atoms with E-state index in [-0.39, 0.29) is 5.56 Å². The summed E-state index contributed by atoms with van der Waals surface area (Å²) in [6, 6.07) is 3.76. The molecule has 1 rings (SSSR count). The van der Waals surface area contributed by atoms with Crippen LogP contribution in [0.1, 0.15) is 5.56 Å². The molecule has 0 spiro atoms. The third-order valence-electron chi connectivity index (χ3n) is 1.86. The number of nitrogens with zero attached hydrogens (tertiary/aromatic N) is 1. The number of rotatable bonds is 3. The predicted octanol–water partition coefficient (Wildman–Crippen LogP) is 1.92. The van der Waals surface area contributed by atoms with E-state index in [4.69, 9.17) is 0 Å². The topological polar surface area (TPSA) is 12.4 Å². The van der Waals surface area contributed by atoms with Crippen molar-refractivity contribution >= 4 is 12.9 Å². The third-order valence-corrected chi connectivity index (χ3v) is 1.86. The van der Waals surface area contributed by atoms with Crippen LogP contribution in [0.25, 0.3) is 0 Å². The molecule has 0 unspecified atom stereocenters. The van der Waals surface area contributed by atoms with Gasteiger partial charge in [-0.05, 0) is 12.1 Å². The van der Waals surface area contributed by atoms with E-state index in [2.05, 4.69) is 11.6 Å². The van der Waals surface area contributed by atoms with E-state index in [1.54, 1.807) is 5.98 Å². The maximum Gasteiger partial charge on any atom is 0.207 e. The SMILES string of the molecule is C=CB/C(=N\C)c1c(F)cccc1F. The molecule has 0 aromatic heterocycles. The van der Waals surface area contributed by atoms with Crippen molar-refractivity contribution in [1.82, 2.24) is 0 Å². The lowest BCUT2D eigenvalue weighted by molar-refractivity contribution is 0.579. The van der Waals surface area contributed by atoms with E-state index in [0.29, 0.717) is 12.9 Å². The van der Waals surface area contributed by atoms with Crippen molar-refractivity contribution in [3.05, 3.63) is 48.0 Å². The highest BCUT2D eigenvalue weighted by Crippen LogP contribution is 2.12. The molecule has 14 heavy (non-hydrogen) atoms. The number of benzene rings is 1. The van der Waals surface area contributed by atoms with Crippen LogP contribution in [0.15, 0.2) is 35.7 Å². The van der Waals surface area contributed by atoms with Crippen LogP contribution in [-0.4, -0.2) is 19.9 Å². The molecule has 0 saturated heterocycles. The minimum Gasteiger partial charge on any atom is -0.302 e. The summed E-state index contributed by atoms with van der Waals surface area (Å²) in [4.78, 5) is 3.84. The van der Waals surface area contributed by atoms with Crippen LogP contribution < -0.4 is 0 Å². The molecule has 0 radical (unpaired) electrons. The van der Waals surface area contributed by atoms with Gasteiger partial charge in [0.25, 0.3) is 0 Å². The highest BCUT2D eigenvalue weighted by atomic mass is 19.1. The Morgan fingerprint density at radius 2 is 2.00 bits per heavy atom. The van der Waals surface area contributed by atoms with Gasteiger partial charge in [0.15, 0.2) is 0 Å². The Balaban J connectivity index is 3.22. The lowest BCUT2D eigenvalue weighted by Crippen LogP contribution is -2.13. The molecule has 72 valence electrons. The van der Waals surface area contributed by atoms with Crippen LogP contribution in [0, 0.1) is 11.6 Å². The first kappa shape index (κ1) is 10.6. The molecule has 0 amide bonds. The zero-order valence-electron chi connectivity index (χ0n) is 7.93. The lowest BCUT2D eigenvalue weighted by Gasteiger charge is -2.05. The minimum absolute atomic E-state index is 0.0603. The maximum absolute atomic E-state index is 13.3. The van der Waals surface area contributed by atoms with Crippen molar-refractivity contribution in [2.24, 2.45) is 4.99 Å². The number of hydrogen-bond donors (Lipinski definition) is 0. The second-order valence-corrected chi connectivity index (χ2v) is 2.76. The first-order valence-electron chi connectivity index (χ1n) is 4.21. The Hall–Kier alpha value is -1.45. The van der Waals surface area contributed by atoms with Gasteiger partial charge in [-0.2, -0.15) is 0 Å². The first-order chi connectivity index (χ1) is 6.70. The standard InChI is InChI=1S/C10H10BF2N/c1-3-11-10(14-2)9-7(12)5-4-6-8(9)13/h3-6,11H,1H2,2H3/b14-10-. The highest BCUT2D eigenvalue weighted by Gasteiger charge is 2.13. The molecule has 4 heteroatoms. The molecule has 0 fully saturated rings. The smallest absolute Gasteiger partial charge is 0.207 e. The third kappa shape index (κ3) is 2.07. The average Bonchev–Trinajstić information content (AvgIpc) is 2.16. The van der Waals surface area contributed by atoms with Gasteiger partial charge in [-0.15, -0.1) is 12.6 Å². The van der Waals surface area contributed by atoms with Crippen LogP contribution in [-0.2, 0) is 0 Å². The van der Waals surface area contributed by atoms with Gasteiger partial charge in [0.2, 0.25) is 7.28 Å². The normalized spacial score (nSPS) is 11.2. The largest absolute Gasteiger partial charge is 0.302 e. The fourth-order valence-electron chi connectivity index (χ4n) is 1.22. The summed E-state index contributed by atoms with van der Waals surface area (Å²) in [5.41, 5.74) is 0.311. The van der Waals surface area contributed by atoms with Gasteiger partial charge < -0.3 is 4.99 Å². The Labute approximate surface area is 82.4 Å². The van der Waals surface area contributed by atoms with Gasteiger partial charge in [0, 0.05) is 12.7 Å². The second kappa shape index (κ2) is 4.70. The Morgan fingerprint density at radius 1 is 1.43 bits per heavy atom. The summed E-state index contributed by atoms with van der Waals surface area (Å²) < 4.78 is 26.5. The van der Waals surface area contributed by atoms with Gasteiger partial charge in [-0.25, -0.2) is 8.78 Å². The zero-order valence-corrected chi connectivity index (χ0v) is 7.93. The van der Waals surface area contributed by atoms with Crippen LogP contribution in [0.4, 0.5) is 8.78 Å². The number of aliphatic imine (C=N–C) groups is 1. The van der Waals surface area contributed by atoms with Crippen molar-refractivity contribution in [3.63, 3.8) is 0 Å². The molecule has 0 atom stereocenters. The molecular weight excluding hydrogens is 183 g/mol. The van der Waals surface area contributed by atoms with Gasteiger partial charge in [0.05, 0.1) is 5.56 Å². The van der Waals surface area contributed by atoms with E-state index in [1.165, 1.54) is 25.2 Å². The maximum atomic E-state index is 13.3.